The Hall–Kier alpha value is -1.48. The first-order chi connectivity index (χ1) is 8.24. The third kappa shape index (κ3) is 2.15. The molecule has 0 unspecified atom stereocenters. The molecular formula is C13H14ClN3. The second-order valence-electron chi connectivity index (χ2n) is 4.54. The molecule has 0 radical (unpaired) electrons. The molecule has 4 heteroatoms. The van der Waals surface area contributed by atoms with Gasteiger partial charge < -0.3 is 5.73 Å². The summed E-state index contributed by atoms with van der Waals surface area (Å²) in [7, 11) is 0. The third-order valence-corrected chi connectivity index (χ3v) is 3.37. The highest BCUT2D eigenvalue weighted by Gasteiger charge is 2.29. The molecule has 0 saturated heterocycles. The number of hydrogen-bond acceptors (Lipinski definition) is 2. The molecule has 1 aliphatic carbocycles. The summed E-state index contributed by atoms with van der Waals surface area (Å²) in [5, 5.41) is 5.11. The van der Waals surface area contributed by atoms with Crippen LogP contribution in [0.15, 0.2) is 30.5 Å². The van der Waals surface area contributed by atoms with Gasteiger partial charge in [0.2, 0.25) is 0 Å². The lowest BCUT2D eigenvalue weighted by Crippen LogP contribution is -2.06. The highest BCUT2D eigenvalue weighted by Crippen LogP contribution is 2.42. The van der Waals surface area contributed by atoms with Crippen LogP contribution in [0.5, 0.6) is 0 Å². The molecule has 1 heterocycles. The maximum Gasteiger partial charge on any atom is 0.0736 e. The molecule has 88 valence electrons. The fourth-order valence-corrected chi connectivity index (χ4v) is 2.23. The van der Waals surface area contributed by atoms with E-state index in [0.717, 1.165) is 17.3 Å². The van der Waals surface area contributed by atoms with Gasteiger partial charge in [-0.05, 0) is 30.5 Å². The average Bonchev–Trinajstić information content (AvgIpc) is 3.08. The van der Waals surface area contributed by atoms with Crippen LogP contribution in [0.1, 0.15) is 30.0 Å². The van der Waals surface area contributed by atoms with Crippen LogP contribution in [0, 0.1) is 0 Å². The minimum absolute atomic E-state index is 0.616. The second-order valence-corrected chi connectivity index (χ2v) is 4.98. The first-order valence-corrected chi connectivity index (χ1v) is 6.17. The van der Waals surface area contributed by atoms with Crippen LogP contribution in [0.3, 0.4) is 0 Å². The van der Waals surface area contributed by atoms with Gasteiger partial charge in [0.25, 0.3) is 0 Å². The van der Waals surface area contributed by atoms with E-state index >= 15 is 0 Å². The first-order valence-electron chi connectivity index (χ1n) is 5.79. The van der Waals surface area contributed by atoms with Crippen molar-refractivity contribution in [2.24, 2.45) is 0 Å². The minimum atomic E-state index is 0.616. The van der Waals surface area contributed by atoms with Crippen molar-refractivity contribution >= 4 is 17.3 Å². The zero-order valence-electron chi connectivity index (χ0n) is 9.44. The number of rotatable bonds is 3. The van der Waals surface area contributed by atoms with E-state index in [1.165, 1.54) is 24.1 Å². The highest BCUT2D eigenvalue weighted by atomic mass is 35.5. The zero-order valence-corrected chi connectivity index (χ0v) is 10.2. The number of hydrogen-bond donors (Lipinski definition) is 1. The summed E-state index contributed by atoms with van der Waals surface area (Å²) in [5.74, 6) is 0.616. The zero-order chi connectivity index (χ0) is 11.8. The third-order valence-electron chi connectivity index (χ3n) is 3.12. The van der Waals surface area contributed by atoms with Crippen molar-refractivity contribution in [3.05, 3.63) is 46.7 Å². The summed E-state index contributed by atoms with van der Waals surface area (Å²) in [6.45, 7) is 0.764. The molecule has 0 amide bonds. The maximum atomic E-state index is 5.96. The smallest absolute Gasteiger partial charge is 0.0736 e. The van der Waals surface area contributed by atoms with Crippen molar-refractivity contribution in [1.29, 1.82) is 0 Å². The van der Waals surface area contributed by atoms with Crippen LogP contribution in [0.25, 0.3) is 0 Å². The SMILES string of the molecule is Nc1cnn(Cc2ccc(Cl)cc2)c1C1CC1. The van der Waals surface area contributed by atoms with Crippen molar-refractivity contribution in [2.75, 3.05) is 5.73 Å². The molecule has 1 aliphatic rings. The molecule has 0 bridgehead atoms. The lowest BCUT2D eigenvalue weighted by Gasteiger charge is -2.07. The van der Waals surface area contributed by atoms with Gasteiger partial charge in [0.05, 0.1) is 24.1 Å². The van der Waals surface area contributed by atoms with Gasteiger partial charge >= 0.3 is 0 Å². The number of benzene rings is 1. The summed E-state index contributed by atoms with van der Waals surface area (Å²) in [6.07, 6.45) is 4.22. The van der Waals surface area contributed by atoms with Gasteiger partial charge in [0.15, 0.2) is 0 Å². The Morgan fingerprint density at radius 2 is 2.00 bits per heavy atom. The van der Waals surface area contributed by atoms with E-state index < -0.39 is 0 Å². The average molecular weight is 248 g/mol. The van der Waals surface area contributed by atoms with E-state index in [9.17, 15) is 0 Å². The van der Waals surface area contributed by atoms with Crippen molar-refractivity contribution in [1.82, 2.24) is 9.78 Å². The van der Waals surface area contributed by atoms with Crippen molar-refractivity contribution in [3.8, 4) is 0 Å². The van der Waals surface area contributed by atoms with E-state index in [1.807, 2.05) is 28.9 Å². The summed E-state index contributed by atoms with van der Waals surface area (Å²) < 4.78 is 2.01. The molecule has 3 nitrogen and oxygen atoms in total. The number of nitrogen functional groups attached to an aromatic ring is 1. The topological polar surface area (TPSA) is 43.8 Å². The van der Waals surface area contributed by atoms with Gasteiger partial charge in [-0.25, -0.2) is 0 Å². The van der Waals surface area contributed by atoms with Gasteiger partial charge in [0.1, 0.15) is 0 Å². The van der Waals surface area contributed by atoms with E-state index in [1.54, 1.807) is 6.20 Å². The molecule has 2 aromatic rings. The fourth-order valence-electron chi connectivity index (χ4n) is 2.10. The Balaban J connectivity index is 1.87. The monoisotopic (exact) mass is 247 g/mol. The van der Waals surface area contributed by atoms with Gasteiger partial charge in [-0.1, -0.05) is 23.7 Å². The lowest BCUT2D eigenvalue weighted by atomic mass is 10.2. The Bertz CT molecular complexity index is 526. The Kier molecular flexibility index (Phi) is 2.56. The lowest BCUT2D eigenvalue weighted by molar-refractivity contribution is 0.647. The van der Waals surface area contributed by atoms with Crippen LogP contribution < -0.4 is 5.73 Å². The number of nitrogens with two attached hydrogens (primary N) is 1. The molecule has 1 aromatic carbocycles. The summed E-state index contributed by atoms with van der Waals surface area (Å²) in [5.41, 5.74) is 9.16. The summed E-state index contributed by atoms with van der Waals surface area (Å²) in [6, 6.07) is 7.86. The highest BCUT2D eigenvalue weighted by molar-refractivity contribution is 6.30. The number of anilines is 1. The Morgan fingerprint density at radius 1 is 1.29 bits per heavy atom. The van der Waals surface area contributed by atoms with Gasteiger partial charge in [-0.3, -0.25) is 4.68 Å². The molecule has 0 spiro atoms. The second kappa shape index (κ2) is 4.08. The van der Waals surface area contributed by atoms with Gasteiger partial charge in [-0.2, -0.15) is 5.10 Å². The molecule has 0 aliphatic heterocycles. The van der Waals surface area contributed by atoms with E-state index in [0.29, 0.717) is 5.92 Å². The van der Waals surface area contributed by atoms with E-state index in [2.05, 4.69) is 5.10 Å². The number of aromatic nitrogens is 2. The van der Waals surface area contributed by atoms with Crippen LogP contribution in [0.4, 0.5) is 5.69 Å². The molecule has 1 fully saturated rings. The summed E-state index contributed by atoms with van der Waals surface area (Å²) >= 11 is 5.87. The Labute approximate surface area is 105 Å². The fraction of sp³-hybridized carbons (Fsp3) is 0.308. The largest absolute Gasteiger partial charge is 0.396 e. The summed E-state index contributed by atoms with van der Waals surface area (Å²) in [4.78, 5) is 0. The minimum Gasteiger partial charge on any atom is -0.396 e. The maximum absolute atomic E-state index is 5.96. The number of nitrogens with zero attached hydrogens (tertiary/aromatic N) is 2. The quantitative estimate of drug-likeness (QED) is 0.906. The van der Waals surface area contributed by atoms with Crippen LogP contribution in [-0.4, -0.2) is 9.78 Å². The van der Waals surface area contributed by atoms with Crippen LogP contribution in [-0.2, 0) is 6.54 Å². The number of halogens is 1. The van der Waals surface area contributed by atoms with Crippen molar-refractivity contribution in [3.63, 3.8) is 0 Å². The van der Waals surface area contributed by atoms with Gasteiger partial charge in [-0.15, -0.1) is 0 Å². The van der Waals surface area contributed by atoms with Crippen molar-refractivity contribution in [2.45, 2.75) is 25.3 Å². The van der Waals surface area contributed by atoms with E-state index in [4.69, 9.17) is 17.3 Å². The normalized spacial score (nSPS) is 15.1. The molecule has 2 N–H and O–H groups in total. The standard InChI is InChI=1S/C13H14ClN3/c14-11-5-1-9(2-6-11)8-17-13(10-3-4-10)12(15)7-16-17/h1-2,5-7,10H,3-4,8,15H2. The van der Waals surface area contributed by atoms with Gasteiger partial charge in [0, 0.05) is 10.9 Å². The molecular weight excluding hydrogens is 234 g/mol. The van der Waals surface area contributed by atoms with Crippen molar-refractivity contribution < 1.29 is 0 Å². The predicted octanol–water partition coefficient (Wildman–Crippen LogP) is 3.04. The predicted molar refractivity (Wildman–Crippen MR) is 69.2 cm³/mol. The molecule has 0 atom stereocenters. The molecule has 17 heavy (non-hydrogen) atoms. The molecule has 1 saturated carbocycles. The van der Waals surface area contributed by atoms with E-state index in [-0.39, 0.29) is 0 Å². The molecule has 3 rings (SSSR count). The molecule has 1 aromatic heterocycles. The van der Waals surface area contributed by atoms with Crippen LogP contribution in [0.2, 0.25) is 5.02 Å². The first kappa shape index (κ1) is 10.7. The Morgan fingerprint density at radius 3 is 2.65 bits per heavy atom. The van der Waals surface area contributed by atoms with Crippen LogP contribution >= 0.6 is 11.6 Å².